The Hall–Kier alpha value is -0.000000000000000167. The zero-order valence-electron chi connectivity index (χ0n) is 5.87. The minimum Gasteiger partial charge on any atom is -0.244 e. The van der Waals surface area contributed by atoms with Crippen molar-refractivity contribution in [3.8, 4) is 0 Å². The lowest BCUT2D eigenvalue weighted by Gasteiger charge is -1.96. The van der Waals surface area contributed by atoms with Gasteiger partial charge in [0.1, 0.15) is 11.2 Å². The zero-order valence-corrected chi connectivity index (χ0v) is 9.86. The van der Waals surface area contributed by atoms with Gasteiger partial charge in [-0.3, -0.25) is 0 Å². The molecule has 0 atom stereocenters. The van der Waals surface area contributed by atoms with Crippen molar-refractivity contribution >= 4 is 53.4 Å². The summed E-state index contributed by atoms with van der Waals surface area (Å²) in [6.45, 7) is 0. The Balaban J connectivity index is 2.70. The minimum atomic E-state index is 0.185. The van der Waals surface area contributed by atoms with Gasteiger partial charge in [-0.05, 0) is 10.9 Å². The molecule has 2 rings (SSSR count). The second kappa shape index (κ2) is 3.40. The van der Waals surface area contributed by atoms with Crippen LogP contribution in [0.3, 0.4) is 0 Å². The van der Waals surface area contributed by atoms with Crippen LogP contribution in [0, 0.1) is 0 Å². The summed E-state index contributed by atoms with van der Waals surface area (Å²) in [5, 5.41) is 3.19. The second-order valence-corrected chi connectivity index (χ2v) is 6.15. The molecule has 5 heteroatoms. The van der Waals surface area contributed by atoms with Gasteiger partial charge >= 0.3 is 0 Å². The maximum absolute atomic E-state index is 4.15. The predicted molar refractivity (Wildman–Crippen MR) is 58.0 cm³/mol. The SMILES string of the molecule is BrC(Br)c1csc2ncncc12. The van der Waals surface area contributed by atoms with Crippen LogP contribution in [-0.4, -0.2) is 9.97 Å². The Morgan fingerprint density at radius 1 is 1.42 bits per heavy atom. The molecule has 0 radical (unpaired) electrons. The molecule has 0 unspecified atom stereocenters. The number of hydrogen-bond acceptors (Lipinski definition) is 3. The van der Waals surface area contributed by atoms with Crippen LogP contribution in [-0.2, 0) is 0 Å². The van der Waals surface area contributed by atoms with Crippen molar-refractivity contribution < 1.29 is 0 Å². The van der Waals surface area contributed by atoms with Gasteiger partial charge in [0, 0.05) is 11.6 Å². The van der Waals surface area contributed by atoms with Crippen molar-refractivity contribution in [3.63, 3.8) is 0 Å². The van der Waals surface area contributed by atoms with Crippen molar-refractivity contribution in [1.29, 1.82) is 0 Å². The van der Waals surface area contributed by atoms with Crippen LogP contribution in [0.1, 0.15) is 9.30 Å². The fraction of sp³-hybridized carbons (Fsp3) is 0.143. The summed E-state index contributed by atoms with van der Waals surface area (Å²) in [5.41, 5.74) is 1.19. The van der Waals surface area contributed by atoms with E-state index in [2.05, 4.69) is 47.2 Å². The van der Waals surface area contributed by atoms with Crippen molar-refractivity contribution in [2.75, 3.05) is 0 Å². The molecule has 0 aromatic carbocycles. The van der Waals surface area contributed by atoms with Crippen molar-refractivity contribution in [2.45, 2.75) is 3.74 Å². The van der Waals surface area contributed by atoms with Crippen LogP contribution in [0.4, 0.5) is 0 Å². The van der Waals surface area contributed by atoms with Gasteiger partial charge in [-0.15, -0.1) is 11.3 Å². The largest absolute Gasteiger partial charge is 0.244 e. The van der Waals surface area contributed by atoms with Crippen molar-refractivity contribution in [1.82, 2.24) is 9.97 Å². The smallest absolute Gasteiger partial charge is 0.126 e. The van der Waals surface area contributed by atoms with E-state index in [9.17, 15) is 0 Å². The second-order valence-electron chi connectivity index (χ2n) is 2.23. The van der Waals surface area contributed by atoms with E-state index >= 15 is 0 Å². The van der Waals surface area contributed by atoms with Gasteiger partial charge in [0.05, 0.1) is 3.74 Å². The van der Waals surface area contributed by atoms with E-state index in [0.29, 0.717) is 0 Å². The monoisotopic (exact) mass is 306 g/mol. The molecular weight excluding hydrogens is 304 g/mol. The Morgan fingerprint density at radius 3 is 3.00 bits per heavy atom. The average molecular weight is 308 g/mol. The summed E-state index contributed by atoms with van der Waals surface area (Å²) in [6.07, 6.45) is 3.41. The summed E-state index contributed by atoms with van der Waals surface area (Å²) in [6, 6.07) is 0. The van der Waals surface area contributed by atoms with E-state index in [1.165, 1.54) is 5.56 Å². The molecule has 12 heavy (non-hydrogen) atoms. The highest BCUT2D eigenvalue weighted by Gasteiger charge is 2.09. The maximum atomic E-state index is 4.15. The maximum Gasteiger partial charge on any atom is 0.126 e. The van der Waals surface area contributed by atoms with Gasteiger partial charge < -0.3 is 0 Å². The quantitative estimate of drug-likeness (QED) is 0.754. The summed E-state index contributed by atoms with van der Waals surface area (Å²) in [7, 11) is 0. The number of rotatable bonds is 1. The lowest BCUT2D eigenvalue weighted by Crippen LogP contribution is -1.79. The molecule has 0 aliphatic heterocycles. The molecule has 2 aromatic heterocycles. The summed E-state index contributed by atoms with van der Waals surface area (Å²) >= 11 is 8.53. The number of nitrogens with zero attached hydrogens (tertiary/aromatic N) is 2. The summed E-state index contributed by atoms with van der Waals surface area (Å²) < 4.78 is 0.185. The minimum absolute atomic E-state index is 0.185. The first kappa shape index (κ1) is 8.59. The molecular formula is C7H4Br2N2S. The summed E-state index contributed by atoms with van der Waals surface area (Å²) in [4.78, 5) is 9.16. The first-order chi connectivity index (χ1) is 5.79. The molecule has 0 N–H and O–H groups in total. The van der Waals surface area contributed by atoms with E-state index in [4.69, 9.17) is 0 Å². The molecule has 0 aliphatic rings. The average Bonchev–Trinajstić information content (AvgIpc) is 2.47. The topological polar surface area (TPSA) is 25.8 Å². The van der Waals surface area contributed by atoms with Crippen LogP contribution in [0.5, 0.6) is 0 Å². The number of fused-ring (bicyclic) bond motifs is 1. The van der Waals surface area contributed by atoms with Gasteiger partial charge in [0.25, 0.3) is 0 Å². The Morgan fingerprint density at radius 2 is 2.25 bits per heavy atom. The van der Waals surface area contributed by atoms with Crippen LogP contribution in [0.15, 0.2) is 17.9 Å². The highest BCUT2D eigenvalue weighted by molar-refractivity contribution is 9.24. The highest BCUT2D eigenvalue weighted by atomic mass is 79.9. The Kier molecular flexibility index (Phi) is 2.43. The van der Waals surface area contributed by atoms with Gasteiger partial charge in [-0.25, -0.2) is 9.97 Å². The standard InChI is InChI=1S/C7H4Br2N2S/c8-6(9)5-2-12-7-4(5)1-10-3-11-7/h1-3,6H. The first-order valence-electron chi connectivity index (χ1n) is 3.24. The number of thiophene rings is 1. The third-order valence-electron chi connectivity index (χ3n) is 1.52. The third kappa shape index (κ3) is 1.41. The van der Waals surface area contributed by atoms with E-state index in [1.807, 2.05) is 6.20 Å². The molecule has 0 saturated heterocycles. The molecule has 0 amide bonds. The Labute approximate surface area is 90.3 Å². The Bertz CT molecular complexity index is 399. The molecule has 0 fully saturated rings. The predicted octanol–water partition coefficient (Wildman–Crippen LogP) is 3.48. The lowest BCUT2D eigenvalue weighted by molar-refractivity contribution is 1.23. The van der Waals surface area contributed by atoms with Gasteiger partial charge in [0.2, 0.25) is 0 Å². The lowest BCUT2D eigenvalue weighted by atomic mass is 10.3. The van der Waals surface area contributed by atoms with E-state index < -0.39 is 0 Å². The molecule has 2 heterocycles. The highest BCUT2D eigenvalue weighted by Crippen LogP contribution is 2.36. The van der Waals surface area contributed by atoms with E-state index in [0.717, 1.165) is 10.2 Å². The molecule has 2 nitrogen and oxygen atoms in total. The zero-order chi connectivity index (χ0) is 8.55. The molecule has 62 valence electrons. The molecule has 0 spiro atoms. The first-order valence-corrected chi connectivity index (χ1v) is 5.95. The molecule has 2 aromatic rings. The fourth-order valence-electron chi connectivity index (χ4n) is 0.962. The van der Waals surface area contributed by atoms with E-state index in [1.54, 1.807) is 17.7 Å². The fourth-order valence-corrected chi connectivity index (χ4v) is 2.98. The van der Waals surface area contributed by atoms with Crippen LogP contribution >= 0.6 is 43.2 Å². The normalized spacial score (nSPS) is 11.2. The van der Waals surface area contributed by atoms with Gasteiger partial charge in [-0.1, -0.05) is 31.9 Å². The van der Waals surface area contributed by atoms with Crippen LogP contribution in [0.2, 0.25) is 0 Å². The molecule has 0 bridgehead atoms. The number of aromatic nitrogens is 2. The van der Waals surface area contributed by atoms with Gasteiger partial charge in [0.15, 0.2) is 0 Å². The molecule has 0 saturated carbocycles. The van der Waals surface area contributed by atoms with Crippen molar-refractivity contribution in [2.24, 2.45) is 0 Å². The number of halogens is 2. The van der Waals surface area contributed by atoms with E-state index in [-0.39, 0.29) is 3.74 Å². The third-order valence-corrected chi connectivity index (χ3v) is 3.43. The summed E-state index contributed by atoms with van der Waals surface area (Å²) in [5.74, 6) is 0. The van der Waals surface area contributed by atoms with Gasteiger partial charge in [-0.2, -0.15) is 0 Å². The number of alkyl halides is 2. The number of hydrogen-bond donors (Lipinski definition) is 0. The van der Waals surface area contributed by atoms with Crippen LogP contribution < -0.4 is 0 Å². The van der Waals surface area contributed by atoms with Crippen molar-refractivity contribution in [3.05, 3.63) is 23.5 Å². The van der Waals surface area contributed by atoms with Crippen LogP contribution in [0.25, 0.3) is 10.2 Å². The molecule has 0 aliphatic carbocycles.